The second-order valence-electron chi connectivity index (χ2n) is 3.65. The van der Waals surface area contributed by atoms with Crippen molar-refractivity contribution in [3.8, 4) is 0 Å². The third-order valence-corrected chi connectivity index (χ3v) is 4.21. The van der Waals surface area contributed by atoms with Crippen molar-refractivity contribution >= 4 is 23.5 Å². The van der Waals surface area contributed by atoms with E-state index in [1.165, 1.54) is 16.6 Å². The first kappa shape index (κ1) is 11.7. The summed E-state index contributed by atoms with van der Waals surface area (Å²) in [6.07, 6.45) is 0. The van der Waals surface area contributed by atoms with Crippen LogP contribution in [0, 0.1) is 11.8 Å². The fraction of sp³-hybridized carbons (Fsp3) is 1.00. The summed E-state index contributed by atoms with van der Waals surface area (Å²) in [5.74, 6) is 4.32. The van der Waals surface area contributed by atoms with Crippen molar-refractivity contribution in [2.24, 2.45) is 11.8 Å². The third kappa shape index (κ3) is 10.7. The molecule has 0 unspecified atom stereocenters. The summed E-state index contributed by atoms with van der Waals surface area (Å²) in [4.78, 5) is 0. The van der Waals surface area contributed by atoms with Crippen LogP contribution >= 0.6 is 23.5 Å². The molecule has 0 bridgehead atoms. The fourth-order valence-electron chi connectivity index (χ4n) is 0.627. The topological polar surface area (TPSA) is 0 Å². The van der Waals surface area contributed by atoms with E-state index in [0.717, 1.165) is 11.8 Å². The highest BCUT2D eigenvalue weighted by molar-refractivity contribution is 8.15. The molecule has 11 heavy (non-hydrogen) atoms. The van der Waals surface area contributed by atoms with Gasteiger partial charge in [-0.05, 0) is 23.3 Å². The Hall–Kier alpha value is 0.700. The molecule has 0 aromatic carbocycles. The predicted molar refractivity (Wildman–Crippen MR) is 59.5 cm³/mol. The van der Waals surface area contributed by atoms with Crippen molar-refractivity contribution in [2.45, 2.75) is 27.7 Å². The molecule has 0 radical (unpaired) electrons. The monoisotopic (exact) mass is 192 g/mol. The second-order valence-corrected chi connectivity index (χ2v) is 6.07. The van der Waals surface area contributed by atoms with E-state index in [1.54, 1.807) is 0 Å². The molecule has 0 aromatic rings. The van der Waals surface area contributed by atoms with Crippen molar-refractivity contribution in [3.63, 3.8) is 0 Å². The van der Waals surface area contributed by atoms with Gasteiger partial charge >= 0.3 is 0 Å². The molecule has 0 nitrogen and oxygen atoms in total. The maximum absolute atomic E-state index is 2.28. The lowest BCUT2D eigenvalue weighted by Crippen LogP contribution is -1.93. The van der Waals surface area contributed by atoms with Crippen LogP contribution < -0.4 is 0 Å². The Bertz CT molecular complexity index is 69.6. The molecule has 0 aliphatic carbocycles. The summed E-state index contributed by atoms with van der Waals surface area (Å²) in [5, 5.41) is 1.27. The Labute approximate surface area is 79.9 Å². The van der Waals surface area contributed by atoms with Crippen molar-refractivity contribution in [2.75, 3.05) is 16.6 Å². The van der Waals surface area contributed by atoms with E-state index in [4.69, 9.17) is 0 Å². The molecule has 0 atom stereocenters. The van der Waals surface area contributed by atoms with Crippen LogP contribution in [-0.2, 0) is 0 Å². The minimum Gasteiger partial charge on any atom is -0.151 e. The molecular weight excluding hydrogens is 172 g/mol. The lowest BCUT2D eigenvalue weighted by Gasteiger charge is -2.05. The van der Waals surface area contributed by atoms with E-state index in [1.807, 2.05) is 0 Å². The zero-order chi connectivity index (χ0) is 8.69. The molecule has 0 heterocycles. The Morgan fingerprint density at radius 3 is 1.45 bits per heavy atom. The van der Waals surface area contributed by atoms with E-state index in [9.17, 15) is 0 Å². The summed E-state index contributed by atoms with van der Waals surface area (Å²) >= 11 is 4.13. The van der Waals surface area contributed by atoms with Crippen LogP contribution in [0.5, 0.6) is 0 Å². The van der Waals surface area contributed by atoms with Gasteiger partial charge in [-0.1, -0.05) is 27.7 Å². The molecule has 0 N–H and O–H groups in total. The molecule has 2 heteroatoms. The minimum atomic E-state index is 0.847. The zero-order valence-corrected chi connectivity index (χ0v) is 9.73. The van der Waals surface area contributed by atoms with Gasteiger partial charge in [-0.25, -0.2) is 0 Å². The molecule has 0 rings (SSSR count). The molecule has 0 spiro atoms. The quantitative estimate of drug-likeness (QED) is 0.465. The largest absolute Gasteiger partial charge is 0.151 e. The van der Waals surface area contributed by atoms with E-state index in [2.05, 4.69) is 51.2 Å². The van der Waals surface area contributed by atoms with Gasteiger partial charge in [-0.2, -0.15) is 23.5 Å². The fourth-order valence-corrected chi connectivity index (χ4v) is 2.81. The number of thioether (sulfide) groups is 2. The molecule has 0 aliphatic rings. The summed E-state index contributed by atoms with van der Waals surface area (Å²) < 4.78 is 0. The Morgan fingerprint density at radius 1 is 0.818 bits per heavy atom. The van der Waals surface area contributed by atoms with Crippen LogP contribution in [0.4, 0.5) is 0 Å². The highest BCUT2D eigenvalue weighted by Crippen LogP contribution is 2.17. The van der Waals surface area contributed by atoms with Crippen LogP contribution in [0.1, 0.15) is 27.7 Å². The van der Waals surface area contributed by atoms with Gasteiger partial charge in [0, 0.05) is 5.08 Å². The summed E-state index contributed by atoms with van der Waals surface area (Å²) in [6.45, 7) is 9.11. The van der Waals surface area contributed by atoms with Crippen molar-refractivity contribution in [1.82, 2.24) is 0 Å². The lowest BCUT2D eigenvalue weighted by atomic mass is 10.3. The average Bonchev–Trinajstić information content (AvgIpc) is 1.85. The molecule has 0 aromatic heterocycles. The summed E-state index contributed by atoms with van der Waals surface area (Å²) in [7, 11) is 0. The number of hydrogen-bond donors (Lipinski definition) is 0. The van der Waals surface area contributed by atoms with Gasteiger partial charge < -0.3 is 0 Å². The highest BCUT2D eigenvalue weighted by Gasteiger charge is 1.96. The zero-order valence-electron chi connectivity index (χ0n) is 8.09. The first-order valence-electron chi connectivity index (χ1n) is 4.28. The highest BCUT2D eigenvalue weighted by atomic mass is 32.2. The van der Waals surface area contributed by atoms with Crippen molar-refractivity contribution in [1.29, 1.82) is 0 Å². The SMILES string of the molecule is CC(C)CSCSCC(C)C. The van der Waals surface area contributed by atoms with E-state index in [0.29, 0.717) is 0 Å². The van der Waals surface area contributed by atoms with Crippen LogP contribution in [0.2, 0.25) is 0 Å². The Balaban J connectivity index is 2.91. The van der Waals surface area contributed by atoms with Gasteiger partial charge in [0.25, 0.3) is 0 Å². The van der Waals surface area contributed by atoms with Gasteiger partial charge in [-0.3, -0.25) is 0 Å². The second kappa shape index (κ2) is 7.35. The normalized spacial score (nSPS) is 11.5. The molecule has 0 fully saturated rings. The van der Waals surface area contributed by atoms with E-state index in [-0.39, 0.29) is 0 Å². The van der Waals surface area contributed by atoms with Crippen molar-refractivity contribution in [3.05, 3.63) is 0 Å². The lowest BCUT2D eigenvalue weighted by molar-refractivity contribution is 0.749. The van der Waals surface area contributed by atoms with Crippen LogP contribution in [-0.4, -0.2) is 16.6 Å². The molecule has 0 amide bonds. The predicted octanol–water partition coefficient (Wildman–Crippen LogP) is 3.72. The van der Waals surface area contributed by atoms with Gasteiger partial charge in [0.2, 0.25) is 0 Å². The Morgan fingerprint density at radius 2 is 1.18 bits per heavy atom. The minimum absolute atomic E-state index is 0.847. The number of rotatable bonds is 6. The van der Waals surface area contributed by atoms with Crippen LogP contribution in [0.25, 0.3) is 0 Å². The number of hydrogen-bond acceptors (Lipinski definition) is 2. The van der Waals surface area contributed by atoms with Gasteiger partial charge in [0.15, 0.2) is 0 Å². The molecule has 0 aliphatic heterocycles. The van der Waals surface area contributed by atoms with Gasteiger partial charge in [0.05, 0.1) is 0 Å². The summed E-state index contributed by atoms with van der Waals surface area (Å²) in [5.41, 5.74) is 0. The average molecular weight is 192 g/mol. The maximum Gasteiger partial charge on any atom is 0.0392 e. The third-order valence-electron chi connectivity index (χ3n) is 1.07. The summed E-state index contributed by atoms with van der Waals surface area (Å²) in [6, 6.07) is 0. The molecule has 0 saturated carbocycles. The first-order chi connectivity index (χ1) is 5.13. The van der Waals surface area contributed by atoms with E-state index < -0.39 is 0 Å². The molecule has 0 saturated heterocycles. The van der Waals surface area contributed by atoms with Gasteiger partial charge in [-0.15, -0.1) is 0 Å². The van der Waals surface area contributed by atoms with Crippen molar-refractivity contribution < 1.29 is 0 Å². The van der Waals surface area contributed by atoms with E-state index >= 15 is 0 Å². The Kier molecular flexibility index (Phi) is 7.82. The smallest absolute Gasteiger partial charge is 0.0392 e. The standard InChI is InChI=1S/C9H20S2/c1-8(2)5-10-7-11-6-9(3)4/h8-9H,5-7H2,1-4H3. The van der Waals surface area contributed by atoms with Gasteiger partial charge in [0.1, 0.15) is 0 Å². The molecule has 68 valence electrons. The molecular formula is C9H20S2. The van der Waals surface area contributed by atoms with Crippen LogP contribution in [0.15, 0.2) is 0 Å². The maximum atomic E-state index is 2.28. The van der Waals surface area contributed by atoms with Crippen LogP contribution in [0.3, 0.4) is 0 Å². The first-order valence-corrected chi connectivity index (χ1v) is 6.59.